The Hall–Kier alpha value is -3.74. The summed E-state index contributed by atoms with van der Waals surface area (Å²) < 4.78 is 49.4. The maximum absolute atomic E-state index is 13.2. The summed E-state index contributed by atoms with van der Waals surface area (Å²) in [4.78, 5) is 30.9. The van der Waals surface area contributed by atoms with Gasteiger partial charge in [-0.1, -0.05) is 17.3 Å². The van der Waals surface area contributed by atoms with E-state index < -0.39 is 18.0 Å². The molecule has 1 fully saturated rings. The molecule has 0 saturated carbocycles. The lowest BCUT2D eigenvalue weighted by atomic mass is 10.1. The highest BCUT2D eigenvalue weighted by Gasteiger charge is 2.38. The van der Waals surface area contributed by atoms with E-state index in [1.54, 1.807) is 23.6 Å². The van der Waals surface area contributed by atoms with Gasteiger partial charge in [0.25, 0.3) is 11.8 Å². The standard InChI is InChI=1S/C22H23F3N6O4/c1-12-17(13(2)30(3)28-12)20(33)31-8-9-34-11-16(31)10-26-19(32)15-6-4-14(5-7-15)18-27-21(35-29-18)22(23,24)25/h4-7,16H,8-11H2,1-3H3,(H,26,32)/t16-/m1/s1. The number of hydrogen-bond donors (Lipinski definition) is 1. The minimum absolute atomic E-state index is 0.157. The van der Waals surface area contributed by atoms with E-state index in [0.29, 0.717) is 24.4 Å². The average Bonchev–Trinajstić information content (AvgIpc) is 3.42. The van der Waals surface area contributed by atoms with Gasteiger partial charge in [-0.15, -0.1) is 0 Å². The number of benzene rings is 1. The Kier molecular flexibility index (Phi) is 6.61. The Balaban J connectivity index is 1.41. The Bertz CT molecular complexity index is 1240. The largest absolute Gasteiger partial charge is 0.471 e. The van der Waals surface area contributed by atoms with Crippen molar-refractivity contribution >= 4 is 11.8 Å². The van der Waals surface area contributed by atoms with Gasteiger partial charge in [0, 0.05) is 37.0 Å². The molecule has 0 unspecified atom stereocenters. The predicted octanol–water partition coefficient (Wildman–Crippen LogP) is 2.38. The second kappa shape index (κ2) is 9.49. The number of ether oxygens (including phenoxy) is 1. The van der Waals surface area contributed by atoms with E-state index in [1.807, 2.05) is 6.92 Å². The SMILES string of the molecule is Cc1nn(C)c(C)c1C(=O)N1CCOC[C@H]1CNC(=O)c1ccc(-c2noc(C(F)(F)F)n2)cc1. The Morgan fingerprint density at radius 2 is 1.91 bits per heavy atom. The molecule has 1 aliphatic rings. The lowest BCUT2D eigenvalue weighted by Crippen LogP contribution is -2.53. The zero-order valence-corrected chi connectivity index (χ0v) is 19.2. The van der Waals surface area contributed by atoms with Crippen molar-refractivity contribution in [3.8, 4) is 11.4 Å². The first-order valence-corrected chi connectivity index (χ1v) is 10.7. The van der Waals surface area contributed by atoms with Crippen LogP contribution in [-0.2, 0) is 18.0 Å². The third-order valence-corrected chi connectivity index (χ3v) is 5.78. The quantitative estimate of drug-likeness (QED) is 0.582. The molecule has 1 aliphatic heterocycles. The second-order valence-corrected chi connectivity index (χ2v) is 8.10. The number of aromatic nitrogens is 4. The highest BCUT2D eigenvalue weighted by molar-refractivity contribution is 5.97. The van der Waals surface area contributed by atoms with E-state index in [9.17, 15) is 22.8 Å². The summed E-state index contributed by atoms with van der Waals surface area (Å²) in [6.45, 7) is 4.80. The molecule has 1 atom stereocenters. The summed E-state index contributed by atoms with van der Waals surface area (Å²) in [6.07, 6.45) is -4.74. The molecular formula is C22H23F3N6O4. The van der Waals surface area contributed by atoms with Crippen molar-refractivity contribution in [2.45, 2.75) is 26.1 Å². The van der Waals surface area contributed by atoms with Gasteiger partial charge in [0.15, 0.2) is 0 Å². The van der Waals surface area contributed by atoms with E-state index >= 15 is 0 Å². The molecule has 0 aliphatic carbocycles. The van der Waals surface area contributed by atoms with Crippen LogP contribution in [0.4, 0.5) is 13.2 Å². The van der Waals surface area contributed by atoms with Crippen LogP contribution in [0.25, 0.3) is 11.4 Å². The zero-order chi connectivity index (χ0) is 25.3. The number of alkyl halides is 3. The van der Waals surface area contributed by atoms with Crippen molar-refractivity contribution in [2.24, 2.45) is 7.05 Å². The number of nitrogens with zero attached hydrogens (tertiary/aromatic N) is 5. The first kappa shape index (κ1) is 24.4. The molecule has 1 aromatic carbocycles. The maximum atomic E-state index is 13.2. The fraction of sp³-hybridized carbons (Fsp3) is 0.409. The van der Waals surface area contributed by atoms with Crippen molar-refractivity contribution in [3.05, 3.63) is 52.7 Å². The van der Waals surface area contributed by atoms with Crippen molar-refractivity contribution in [3.63, 3.8) is 0 Å². The summed E-state index contributed by atoms with van der Waals surface area (Å²) in [5, 5.41) is 10.4. The smallest absolute Gasteiger partial charge is 0.377 e. The fourth-order valence-electron chi connectivity index (χ4n) is 3.86. The van der Waals surface area contributed by atoms with Gasteiger partial charge >= 0.3 is 12.1 Å². The number of aryl methyl sites for hydroxylation is 2. The van der Waals surface area contributed by atoms with Crippen molar-refractivity contribution in [1.82, 2.24) is 30.1 Å². The molecular weight excluding hydrogens is 469 g/mol. The number of halogens is 3. The van der Waals surface area contributed by atoms with Crippen LogP contribution in [-0.4, -0.2) is 69.0 Å². The van der Waals surface area contributed by atoms with Gasteiger partial charge in [0.1, 0.15) is 0 Å². The molecule has 2 aromatic heterocycles. The summed E-state index contributed by atoms with van der Waals surface area (Å²) in [6, 6.07) is 5.35. The minimum Gasteiger partial charge on any atom is -0.377 e. The molecule has 0 bridgehead atoms. The average molecular weight is 492 g/mol. The lowest BCUT2D eigenvalue weighted by Gasteiger charge is -2.35. The lowest BCUT2D eigenvalue weighted by molar-refractivity contribution is -0.159. The molecule has 13 heteroatoms. The zero-order valence-electron chi connectivity index (χ0n) is 19.2. The van der Waals surface area contributed by atoms with Crippen LogP contribution in [0.5, 0.6) is 0 Å². The molecule has 3 aromatic rings. The second-order valence-electron chi connectivity index (χ2n) is 8.10. The van der Waals surface area contributed by atoms with Crippen LogP contribution in [0.15, 0.2) is 28.8 Å². The van der Waals surface area contributed by atoms with Gasteiger partial charge in [-0.2, -0.15) is 23.3 Å². The highest BCUT2D eigenvalue weighted by Crippen LogP contribution is 2.29. The van der Waals surface area contributed by atoms with Crippen LogP contribution < -0.4 is 5.32 Å². The molecule has 1 saturated heterocycles. The molecule has 3 heterocycles. The first-order chi connectivity index (χ1) is 16.6. The Morgan fingerprint density at radius 3 is 2.51 bits per heavy atom. The van der Waals surface area contributed by atoms with Gasteiger partial charge < -0.3 is 19.5 Å². The topological polar surface area (TPSA) is 115 Å². The van der Waals surface area contributed by atoms with Crippen molar-refractivity contribution in [1.29, 1.82) is 0 Å². The van der Waals surface area contributed by atoms with E-state index in [1.165, 1.54) is 24.3 Å². The molecule has 4 rings (SSSR count). The predicted molar refractivity (Wildman–Crippen MR) is 115 cm³/mol. The normalized spacial score (nSPS) is 16.4. The van der Waals surface area contributed by atoms with Crippen LogP contribution >= 0.6 is 0 Å². The van der Waals surface area contributed by atoms with Gasteiger partial charge in [0.05, 0.1) is 30.5 Å². The number of rotatable bonds is 5. The highest BCUT2D eigenvalue weighted by atomic mass is 19.4. The number of amides is 2. The first-order valence-electron chi connectivity index (χ1n) is 10.7. The third kappa shape index (κ3) is 5.04. The van der Waals surface area contributed by atoms with Gasteiger partial charge in [-0.25, -0.2) is 0 Å². The number of nitrogens with one attached hydrogen (secondary N) is 1. The summed E-state index contributed by atoms with van der Waals surface area (Å²) in [5.41, 5.74) is 2.47. The fourth-order valence-corrected chi connectivity index (χ4v) is 3.86. The van der Waals surface area contributed by atoms with Crippen molar-refractivity contribution < 1.29 is 32.0 Å². The van der Waals surface area contributed by atoms with E-state index in [0.717, 1.165) is 5.69 Å². The number of morpholine rings is 1. The number of hydrogen-bond acceptors (Lipinski definition) is 7. The van der Waals surface area contributed by atoms with Gasteiger partial charge in [-0.05, 0) is 26.0 Å². The van der Waals surface area contributed by atoms with Crippen LogP contribution in [0.1, 0.15) is 38.0 Å². The van der Waals surface area contributed by atoms with Crippen LogP contribution in [0.3, 0.4) is 0 Å². The molecule has 0 spiro atoms. The number of carbonyl (C=O) groups is 2. The molecule has 186 valence electrons. The van der Waals surface area contributed by atoms with E-state index in [-0.39, 0.29) is 42.1 Å². The third-order valence-electron chi connectivity index (χ3n) is 5.78. The van der Waals surface area contributed by atoms with E-state index in [4.69, 9.17) is 4.74 Å². The van der Waals surface area contributed by atoms with E-state index in [2.05, 4.69) is 25.1 Å². The van der Waals surface area contributed by atoms with Crippen LogP contribution in [0, 0.1) is 13.8 Å². The molecule has 35 heavy (non-hydrogen) atoms. The monoisotopic (exact) mass is 492 g/mol. The molecule has 1 N–H and O–H groups in total. The molecule has 10 nitrogen and oxygen atoms in total. The van der Waals surface area contributed by atoms with Crippen LogP contribution in [0.2, 0.25) is 0 Å². The van der Waals surface area contributed by atoms with Gasteiger partial charge in [-0.3, -0.25) is 14.3 Å². The minimum atomic E-state index is -4.74. The Morgan fingerprint density at radius 1 is 1.20 bits per heavy atom. The van der Waals surface area contributed by atoms with Crippen molar-refractivity contribution in [2.75, 3.05) is 26.3 Å². The molecule has 2 amide bonds. The summed E-state index contributed by atoms with van der Waals surface area (Å²) in [7, 11) is 1.77. The Labute approximate surface area is 198 Å². The summed E-state index contributed by atoms with van der Waals surface area (Å²) in [5.74, 6) is -2.26. The molecule has 0 radical (unpaired) electrons. The maximum Gasteiger partial charge on any atom is 0.471 e. The number of carbonyl (C=O) groups excluding carboxylic acids is 2. The summed E-state index contributed by atoms with van der Waals surface area (Å²) >= 11 is 0. The van der Waals surface area contributed by atoms with Gasteiger partial charge in [0.2, 0.25) is 5.82 Å².